The van der Waals surface area contributed by atoms with Crippen LogP contribution < -0.4 is 11.1 Å². The number of amides is 2. The number of primary amides is 1. The van der Waals surface area contributed by atoms with Crippen LogP contribution >= 0.6 is 11.3 Å². The molecular weight excluding hydrogens is 272 g/mol. The Morgan fingerprint density at radius 1 is 1.25 bits per heavy atom. The molecule has 4 nitrogen and oxygen atoms in total. The van der Waals surface area contributed by atoms with E-state index in [4.69, 9.17) is 5.73 Å². The first kappa shape index (κ1) is 15.0. The summed E-state index contributed by atoms with van der Waals surface area (Å²) in [4.78, 5) is 25.1. The van der Waals surface area contributed by atoms with Crippen molar-refractivity contribution in [3.63, 3.8) is 0 Å². The SMILES string of the molecule is CCC(CC)C(=O)Nc1sc2c(c1C(N)=O)CCCC2. The van der Waals surface area contributed by atoms with E-state index in [0.717, 1.165) is 44.1 Å². The van der Waals surface area contributed by atoms with Gasteiger partial charge in [0.2, 0.25) is 5.91 Å². The number of carbonyl (C=O) groups excluding carboxylic acids is 2. The number of fused-ring (bicyclic) bond motifs is 1. The molecule has 110 valence electrons. The first-order valence-corrected chi connectivity index (χ1v) is 8.15. The second-order valence-corrected chi connectivity index (χ2v) is 6.39. The van der Waals surface area contributed by atoms with Crippen molar-refractivity contribution in [1.82, 2.24) is 0 Å². The van der Waals surface area contributed by atoms with E-state index < -0.39 is 5.91 Å². The van der Waals surface area contributed by atoms with E-state index in [1.807, 2.05) is 13.8 Å². The maximum atomic E-state index is 12.2. The molecule has 0 bridgehead atoms. The topological polar surface area (TPSA) is 72.2 Å². The van der Waals surface area contributed by atoms with Crippen LogP contribution in [0.1, 0.15) is 60.3 Å². The van der Waals surface area contributed by atoms with Gasteiger partial charge >= 0.3 is 0 Å². The van der Waals surface area contributed by atoms with Gasteiger partial charge in [0.15, 0.2) is 0 Å². The van der Waals surface area contributed by atoms with Crippen molar-refractivity contribution < 1.29 is 9.59 Å². The van der Waals surface area contributed by atoms with E-state index in [1.165, 1.54) is 16.2 Å². The lowest BCUT2D eigenvalue weighted by Gasteiger charge is -2.13. The molecule has 0 radical (unpaired) electrons. The molecule has 2 rings (SSSR count). The smallest absolute Gasteiger partial charge is 0.251 e. The maximum Gasteiger partial charge on any atom is 0.251 e. The van der Waals surface area contributed by atoms with Crippen LogP contribution in [0.25, 0.3) is 0 Å². The molecule has 0 aromatic carbocycles. The van der Waals surface area contributed by atoms with E-state index in [1.54, 1.807) is 0 Å². The van der Waals surface area contributed by atoms with Gasteiger partial charge in [-0.2, -0.15) is 0 Å². The zero-order valence-corrected chi connectivity index (χ0v) is 12.9. The van der Waals surface area contributed by atoms with Crippen LogP contribution in [0.3, 0.4) is 0 Å². The van der Waals surface area contributed by atoms with Crippen molar-refractivity contribution in [2.75, 3.05) is 5.32 Å². The molecule has 0 saturated heterocycles. The zero-order valence-electron chi connectivity index (χ0n) is 12.1. The summed E-state index contributed by atoms with van der Waals surface area (Å²) in [6.45, 7) is 4.00. The molecule has 0 unspecified atom stereocenters. The zero-order chi connectivity index (χ0) is 14.7. The summed E-state index contributed by atoms with van der Waals surface area (Å²) in [6.07, 6.45) is 5.72. The van der Waals surface area contributed by atoms with Crippen LogP contribution in [0.4, 0.5) is 5.00 Å². The van der Waals surface area contributed by atoms with Gasteiger partial charge in [-0.25, -0.2) is 0 Å². The van der Waals surface area contributed by atoms with E-state index in [2.05, 4.69) is 5.32 Å². The van der Waals surface area contributed by atoms with Crippen LogP contribution in [0.15, 0.2) is 0 Å². The van der Waals surface area contributed by atoms with Crippen LogP contribution in [-0.2, 0) is 17.6 Å². The third kappa shape index (κ3) is 2.87. The van der Waals surface area contributed by atoms with Crippen LogP contribution in [-0.4, -0.2) is 11.8 Å². The van der Waals surface area contributed by atoms with Crippen molar-refractivity contribution in [2.24, 2.45) is 11.7 Å². The van der Waals surface area contributed by atoms with Crippen LogP contribution in [0, 0.1) is 5.92 Å². The number of thiophene rings is 1. The summed E-state index contributed by atoms with van der Waals surface area (Å²) in [7, 11) is 0. The van der Waals surface area contributed by atoms with Crippen molar-refractivity contribution in [3.05, 3.63) is 16.0 Å². The third-order valence-electron chi connectivity index (χ3n) is 4.01. The first-order valence-electron chi connectivity index (χ1n) is 7.33. The Hall–Kier alpha value is -1.36. The Balaban J connectivity index is 2.29. The molecule has 20 heavy (non-hydrogen) atoms. The minimum Gasteiger partial charge on any atom is -0.365 e. The molecule has 1 aromatic heterocycles. The minimum atomic E-state index is -0.427. The van der Waals surface area contributed by atoms with Crippen molar-refractivity contribution in [2.45, 2.75) is 52.4 Å². The number of rotatable bonds is 5. The Labute approximate surface area is 123 Å². The van der Waals surface area contributed by atoms with Gasteiger partial charge in [0, 0.05) is 10.8 Å². The molecule has 1 aliphatic rings. The Morgan fingerprint density at radius 2 is 1.90 bits per heavy atom. The molecule has 1 heterocycles. The normalized spacial score (nSPS) is 14.2. The molecule has 3 N–H and O–H groups in total. The molecular formula is C15H22N2O2S. The second kappa shape index (κ2) is 6.39. The minimum absolute atomic E-state index is 0.00361. The average Bonchev–Trinajstić information content (AvgIpc) is 2.77. The highest BCUT2D eigenvalue weighted by Crippen LogP contribution is 2.38. The standard InChI is InChI=1S/C15H22N2O2S/c1-3-9(4-2)14(19)17-15-12(13(16)18)10-7-5-6-8-11(10)20-15/h9H,3-8H2,1-2H3,(H2,16,18)(H,17,19). The lowest BCUT2D eigenvalue weighted by molar-refractivity contribution is -0.120. The summed E-state index contributed by atoms with van der Waals surface area (Å²) >= 11 is 1.52. The van der Waals surface area contributed by atoms with Crippen LogP contribution in [0.5, 0.6) is 0 Å². The Bertz CT molecular complexity index is 518. The lowest BCUT2D eigenvalue weighted by Crippen LogP contribution is -2.23. The number of carbonyl (C=O) groups is 2. The molecule has 1 aliphatic carbocycles. The predicted octanol–water partition coefficient (Wildman–Crippen LogP) is 3.10. The highest BCUT2D eigenvalue weighted by molar-refractivity contribution is 7.17. The van der Waals surface area contributed by atoms with Gasteiger partial charge in [0.05, 0.1) is 5.56 Å². The maximum absolute atomic E-state index is 12.2. The molecule has 5 heteroatoms. The fourth-order valence-corrected chi connectivity index (χ4v) is 4.09. The lowest BCUT2D eigenvalue weighted by atomic mass is 9.95. The average molecular weight is 294 g/mol. The molecule has 0 saturated carbocycles. The monoisotopic (exact) mass is 294 g/mol. The highest BCUT2D eigenvalue weighted by Gasteiger charge is 2.26. The third-order valence-corrected chi connectivity index (χ3v) is 5.22. The number of anilines is 1. The summed E-state index contributed by atoms with van der Waals surface area (Å²) in [5.41, 5.74) is 7.13. The number of hydrogen-bond donors (Lipinski definition) is 2. The fraction of sp³-hybridized carbons (Fsp3) is 0.600. The fourth-order valence-electron chi connectivity index (χ4n) is 2.79. The molecule has 1 aromatic rings. The first-order chi connectivity index (χ1) is 9.58. The van der Waals surface area contributed by atoms with Gasteiger partial charge in [-0.05, 0) is 44.1 Å². The summed E-state index contributed by atoms with van der Waals surface area (Å²) in [5, 5.41) is 3.58. The number of hydrogen-bond acceptors (Lipinski definition) is 3. The summed E-state index contributed by atoms with van der Waals surface area (Å²) in [5.74, 6) is -0.435. The van der Waals surface area contributed by atoms with Gasteiger partial charge in [-0.15, -0.1) is 11.3 Å². The second-order valence-electron chi connectivity index (χ2n) is 5.28. The van der Waals surface area contributed by atoms with E-state index >= 15 is 0 Å². The van der Waals surface area contributed by atoms with E-state index in [9.17, 15) is 9.59 Å². The van der Waals surface area contributed by atoms with Crippen molar-refractivity contribution in [1.29, 1.82) is 0 Å². The Kier molecular flexibility index (Phi) is 4.81. The van der Waals surface area contributed by atoms with E-state index in [-0.39, 0.29) is 11.8 Å². The van der Waals surface area contributed by atoms with Crippen molar-refractivity contribution >= 4 is 28.2 Å². The Morgan fingerprint density at radius 3 is 2.50 bits per heavy atom. The van der Waals surface area contributed by atoms with E-state index in [0.29, 0.717) is 10.6 Å². The van der Waals surface area contributed by atoms with Gasteiger partial charge in [0.25, 0.3) is 5.91 Å². The molecule has 0 aliphatic heterocycles. The largest absolute Gasteiger partial charge is 0.365 e. The number of nitrogens with two attached hydrogens (primary N) is 1. The van der Waals surface area contributed by atoms with Gasteiger partial charge in [0.1, 0.15) is 5.00 Å². The highest BCUT2D eigenvalue weighted by atomic mass is 32.1. The molecule has 0 spiro atoms. The van der Waals surface area contributed by atoms with Gasteiger partial charge < -0.3 is 11.1 Å². The summed E-state index contributed by atoms with van der Waals surface area (Å²) in [6, 6.07) is 0. The molecule has 0 atom stereocenters. The number of nitrogens with one attached hydrogen (secondary N) is 1. The quantitative estimate of drug-likeness (QED) is 0.876. The van der Waals surface area contributed by atoms with Crippen LogP contribution in [0.2, 0.25) is 0 Å². The number of aryl methyl sites for hydroxylation is 1. The molecule has 2 amide bonds. The predicted molar refractivity (Wildman–Crippen MR) is 82.2 cm³/mol. The van der Waals surface area contributed by atoms with Gasteiger partial charge in [-0.3, -0.25) is 9.59 Å². The van der Waals surface area contributed by atoms with Gasteiger partial charge in [-0.1, -0.05) is 13.8 Å². The summed E-state index contributed by atoms with van der Waals surface area (Å²) < 4.78 is 0. The van der Waals surface area contributed by atoms with Crippen molar-refractivity contribution in [3.8, 4) is 0 Å². The molecule has 0 fully saturated rings.